The molecule has 0 radical (unpaired) electrons. The first-order valence-electron chi connectivity index (χ1n) is 9.73. The van der Waals surface area contributed by atoms with E-state index in [1.165, 1.54) is 6.42 Å². The first kappa shape index (κ1) is 18.3. The molecule has 2 heterocycles. The molecule has 1 amide bonds. The van der Waals surface area contributed by atoms with Crippen LogP contribution in [0.1, 0.15) is 74.3 Å². The number of likely N-dealkylation sites (tertiary alicyclic amines) is 1. The number of carbonyl (C=O) groups is 1. The maximum Gasteiger partial charge on any atom is 0.253 e. The standard InChI is InChI=1S/C20H31N3O2/c1-14(2)17-8-7-15(13-21-17)20(25)22-16-9-11-23(12-10-16)18-5-3-4-6-19(18)24/h7-8,13-14,16,18-19,24H,3-6,9-12H2,1-2H3,(H,22,25). The summed E-state index contributed by atoms with van der Waals surface area (Å²) in [7, 11) is 0. The Morgan fingerprint density at radius 3 is 2.52 bits per heavy atom. The van der Waals surface area contributed by atoms with Crippen molar-refractivity contribution < 1.29 is 9.90 Å². The van der Waals surface area contributed by atoms with Crippen LogP contribution >= 0.6 is 0 Å². The van der Waals surface area contributed by atoms with E-state index in [0.717, 1.165) is 50.9 Å². The summed E-state index contributed by atoms with van der Waals surface area (Å²) >= 11 is 0. The van der Waals surface area contributed by atoms with Gasteiger partial charge in [0.1, 0.15) is 0 Å². The molecule has 1 aromatic heterocycles. The van der Waals surface area contributed by atoms with Crippen molar-refractivity contribution in [2.24, 2.45) is 0 Å². The second-order valence-corrected chi connectivity index (χ2v) is 7.83. The second-order valence-electron chi connectivity index (χ2n) is 7.83. The van der Waals surface area contributed by atoms with Crippen molar-refractivity contribution >= 4 is 5.91 Å². The fourth-order valence-electron chi connectivity index (χ4n) is 4.04. The van der Waals surface area contributed by atoms with E-state index in [9.17, 15) is 9.90 Å². The molecule has 0 bridgehead atoms. The third-order valence-electron chi connectivity index (χ3n) is 5.67. The highest BCUT2D eigenvalue weighted by Crippen LogP contribution is 2.26. The molecule has 1 saturated heterocycles. The van der Waals surface area contributed by atoms with Crippen LogP contribution in [0, 0.1) is 0 Å². The van der Waals surface area contributed by atoms with E-state index >= 15 is 0 Å². The highest BCUT2D eigenvalue weighted by molar-refractivity contribution is 5.94. The summed E-state index contributed by atoms with van der Waals surface area (Å²) in [5.74, 6) is 0.343. The molecule has 2 unspecified atom stereocenters. The fourth-order valence-corrected chi connectivity index (χ4v) is 4.04. The van der Waals surface area contributed by atoms with Crippen molar-refractivity contribution in [2.45, 2.75) is 76.5 Å². The van der Waals surface area contributed by atoms with Crippen LogP contribution in [0.25, 0.3) is 0 Å². The van der Waals surface area contributed by atoms with Crippen LogP contribution in [0.3, 0.4) is 0 Å². The lowest BCUT2D eigenvalue weighted by Crippen LogP contribution is -2.52. The molecule has 1 aliphatic heterocycles. The van der Waals surface area contributed by atoms with Crippen molar-refractivity contribution in [3.05, 3.63) is 29.6 Å². The number of amides is 1. The summed E-state index contributed by atoms with van der Waals surface area (Å²) in [4.78, 5) is 19.2. The molecule has 1 aromatic rings. The monoisotopic (exact) mass is 345 g/mol. The lowest BCUT2D eigenvalue weighted by molar-refractivity contribution is 0.00727. The van der Waals surface area contributed by atoms with Crippen LogP contribution in [0.2, 0.25) is 0 Å². The van der Waals surface area contributed by atoms with Crippen molar-refractivity contribution in [3.8, 4) is 0 Å². The largest absolute Gasteiger partial charge is 0.391 e. The molecule has 2 fully saturated rings. The topological polar surface area (TPSA) is 65.5 Å². The van der Waals surface area contributed by atoms with Gasteiger partial charge in [-0.05, 0) is 43.7 Å². The van der Waals surface area contributed by atoms with E-state index in [1.807, 2.05) is 12.1 Å². The van der Waals surface area contributed by atoms with E-state index in [-0.39, 0.29) is 18.1 Å². The molecule has 1 aliphatic carbocycles. The van der Waals surface area contributed by atoms with Crippen LogP contribution in [0.4, 0.5) is 0 Å². The summed E-state index contributed by atoms with van der Waals surface area (Å²) in [6.45, 7) is 6.10. The van der Waals surface area contributed by atoms with Gasteiger partial charge in [-0.1, -0.05) is 26.7 Å². The molecule has 0 spiro atoms. The zero-order chi connectivity index (χ0) is 17.8. The fraction of sp³-hybridized carbons (Fsp3) is 0.700. The van der Waals surface area contributed by atoms with Gasteiger partial charge in [0, 0.05) is 37.1 Å². The number of rotatable bonds is 4. The van der Waals surface area contributed by atoms with Gasteiger partial charge in [-0.15, -0.1) is 0 Å². The smallest absolute Gasteiger partial charge is 0.253 e. The predicted octanol–water partition coefficient (Wildman–Crippen LogP) is 2.70. The molecule has 0 aromatic carbocycles. The molecular formula is C20H31N3O2. The van der Waals surface area contributed by atoms with E-state index in [1.54, 1.807) is 6.20 Å². The molecule has 5 heteroatoms. The van der Waals surface area contributed by atoms with E-state index in [4.69, 9.17) is 0 Å². The Morgan fingerprint density at radius 1 is 1.20 bits per heavy atom. The molecular weight excluding hydrogens is 314 g/mol. The van der Waals surface area contributed by atoms with Crippen molar-refractivity contribution in [1.29, 1.82) is 0 Å². The van der Waals surface area contributed by atoms with E-state index in [0.29, 0.717) is 17.5 Å². The van der Waals surface area contributed by atoms with Gasteiger partial charge in [-0.25, -0.2) is 0 Å². The SMILES string of the molecule is CC(C)c1ccc(C(=O)NC2CCN(C3CCCCC3O)CC2)cn1. The number of aliphatic hydroxyl groups is 1. The average Bonchev–Trinajstić information content (AvgIpc) is 2.63. The van der Waals surface area contributed by atoms with Gasteiger partial charge in [-0.3, -0.25) is 14.7 Å². The number of aliphatic hydroxyl groups excluding tert-OH is 1. The quantitative estimate of drug-likeness (QED) is 0.881. The number of pyridine rings is 1. The van der Waals surface area contributed by atoms with Gasteiger partial charge in [-0.2, -0.15) is 0 Å². The Morgan fingerprint density at radius 2 is 1.92 bits per heavy atom. The number of hydrogen-bond donors (Lipinski definition) is 2. The van der Waals surface area contributed by atoms with Crippen LogP contribution < -0.4 is 5.32 Å². The number of hydrogen-bond acceptors (Lipinski definition) is 4. The Labute approximate surface area is 150 Å². The van der Waals surface area contributed by atoms with Gasteiger partial charge < -0.3 is 10.4 Å². The summed E-state index contributed by atoms with van der Waals surface area (Å²) in [6.07, 6.45) is 7.81. The molecule has 2 atom stereocenters. The predicted molar refractivity (Wildman–Crippen MR) is 98.7 cm³/mol. The molecule has 5 nitrogen and oxygen atoms in total. The molecule has 1 saturated carbocycles. The minimum Gasteiger partial charge on any atom is -0.391 e. The van der Waals surface area contributed by atoms with Crippen molar-refractivity contribution in [2.75, 3.05) is 13.1 Å². The third kappa shape index (κ3) is 4.59. The highest BCUT2D eigenvalue weighted by Gasteiger charge is 2.31. The normalized spacial score (nSPS) is 25.9. The zero-order valence-corrected chi connectivity index (χ0v) is 15.4. The number of nitrogens with one attached hydrogen (secondary N) is 1. The minimum absolute atomic E-state index is 0.0287. The van der Waals surface area contributed by atoms with Crippen LogP contribution in [0.5, 0.6) is 0 Å². The van der Waals surface area contributed by atoms with Crippen LogP contribution in [0.15, 0.2) is 18.3 Å². The van der Waals surface area contributed by atoms with Gasteiger partial charge >= 0.3 is 0 Å². The maximum atomic E-state index is 12.4. The number of carbonyl (C=O) groups excluding carboxylic acids is 1. The summed E-state index contributed by atoms with van der Waals surface area (Å²) in [5, 5.41) is 13.4. The third-order valence-corrected chi connectivity index (χ3v) is 5.67. The number of piperidine rings is 1. The van der Waals surface area contributed by atoms with E-state index in [2.05, 4.69) is 29.0 Å². The van der Waals surface area contributed by atoms with Crippen LogP contribution in [-0.4, -0.2) is 52.2 Å². The van der Waals surface area contributed by atoms with Gasteiger partial charge in [0.25, 0.3) is 5.91 Å². The first-order valence-corrected chi connectivity index (χ1v) is 9.73. The lowest BCUT2D eigenvalue weighted by Gasteiger charge is -2.41. The second kappa shape index (κ2) is 8.28. The Bertz CT molecular complexity index is 565. The van der Waals surface area contributed by atoms with Gasteiger partial charge in [0.2, 0.25) is 0 Å². The Hall–Kier alpha value is -1.46. The molecule has 2 N–H and O–H groups in total. The van der Waals surface area contributed by atoms with Crippen LogP contribution in [-0.2, 0) is 0 Å². The summed E-state index contributed by atoms with van der Waals surface area (Å²) < 4.78 is 0. The molecule has 25 heavy (non-hydrogen) atoms. The van der Waals surface area contributed by atoms with Crippen molar-refractivity contribution in [3.63, 3.8) is 0 Å². The number of aromatic nitrogens is 1. The van der Waals surface area contributed by atoms with Crippen molar-refractivity contribution in [1.82, 2.24) is 15.2 Å². The van der Waals surface area contributed by atoms with Gasteiger partial charge in [0.05, 0.1) is 11.7 Å². The maximum absolute atomic E-state index is 12.4. The molecule has 3 rings (SSSR count). The lowest BCUT2D eigenvalue weighted by atomic mass is 9.89. The zero-order valence-electron chi connectivity index (χ0n) is 15.4. The Balaban J connectivity index is 1.49. The highest BCUT2D eigenvalue weighted by atomic mass is 16.3. The van der Waals surface area contributed by atoms with E-state index < -0.39 is 0 Å². The summed E-state index contributed by atoms with van der Waals surface area (Å²) in [6, 6.07) is 4.34. The Kier molecular flexibility index (Phi) is 6.07. The van der Waals surface area contributed by atoms with Gasteiger partial charge in [0.15, 0.2) is 0 Å². The number of nitrogens with zero attached hydrogens (tertiary/aromatic N) is 2. The molecule has 138 valence electrons. The average molecular weight is 345 g/mol. The molecule has 2 aliphatic rings. The minimum atomic E-state index is -0.176. The first-order chi connectivity index (χ1) is 12.0. The summed E-state index contributed by atoms with van der Waals surface area (Å²) in [5.41, 5.74) is 1.64.